The van der Waals surface area contributed by atoms with Crippen molar-refractivity contribution < 1.29 is 4.74 Å². The van der Waals surface area contributed by atoms with E-state index < -0.39 is 0 Å². The topological polar surface area (TPSA) is 42.1 Å². The number of pyridine rings is 1. The van der Waals surface area contributed by atoms with Crippen LogP contribution in [0.15, 0.2) is 23.2 Å². The van der Waals surface area contributed by atoms with Gasteiger partial charge < -0.3 is 9.72 Å². The molecule has 0 aliphatic rings. The van der Waals surface area contributed by atoms with Crippen LogP contribution in [0.2, 0.25) is 0 Å². The van der Waals surface area contributed by atoms with Gasteiger partial charge >= 0.3 is 0 Å². The second-order valence-corrected chi connectivity index (χ2v) is 5.19. The van der Waals surface area contributed by atoms with Crippen LogP contribution in [0.5, 0.6) is 0 Å². The quantitative estimate of drug-likeness (QED) is 0.536. The second kappa shape index (κ2) is 10.0. The molecule has 0 radical (unpaired) electrons. The first-order chi connectivity index (χ1) is 10.2. The number of aryl methyl sites for hydroxylation is 1. The van der Waals surface area contributed by atoms with Gasteiger partial charge in [-0.05, 0) is 25.8 Å². The van der Waals surface area contributed by atoms with Crippen molar-refractivity contribution in [2.24, 2.45) is 0 Å². The Balaban J connectivity index is 2.84. The third-order valence-corrected chi connectivity index (χ3v) is 3.41. The van der Waals surface area contributed by atoms with E-state index in [0.717, 1.165) is 24.2 Å². The average Bonchev–Trinajstić information content (AvgIpc) is 2.48. The summed E-state index contributed by atoms with van der Waals surface area (Å²) in [5, 5.41) is 0. The minimum absolute atomic E-state index is 0.0613. The smallest absolute Gasteiger partial charge is 0.189 e. The lowest BCUT2D eigenvalue weighted by Gasteiger charge is -2.07. The molecule has 0 spiro atoms. The third kappa shape index (κ3) is 6.03. The summed E-state index contributed by atoms with van der Waals surface area (Å²) < 4.78 is 4.96. The van der Waals surface area contributed by atoms with Gasteiger partial charge in [-0.15, -0.1) is 0 Å². The standard InChI is InChI=1S/C18H27NO2/c1-4-6-7-8-9-11-15-14-18(20)16(10-5-2)17(19-15)12-13-21-3/h5,10,12-14H,4,6-9,11H2,1-3H3,(H,19,20)/b10-5-,13-12+. The highest BCUT2D eigenvalue weighted by atomic mass is 16.5. The van der Waals surface area contributed by atoms with Gasteiger partial charge in [0.25, 0.3) is 0 Å². The maximum atomic E-state index is 12.2. The van der Waals surface area contributed by atoms with Crippen LogP contribution in [-0.4, -0.2) is 12.1 Å². The van der Waals surface area contributed by atoms with Crippen LogP contribution in [0, 0.1) is 0 Å². The van der Waals surface area contributed by atoms with Crippen molar-refractivity contribution in [3.63, 3.8) is 0 Å². The van der Waals surface area contributed by atoms with Crippen molar-refractivity contribution >= 4 is 12.2 Å². The summed E-state index contributed by atoms with van der Waals surface area (Å²) >= 11 is 0. The van der Waals surface area contributed by atoms with E-state index in [-0.39, 0.29) is 5.43 Å². The number of allylic oxidation sites excluding steroid dienone is 1. The van der Waals surface area contributed by atoms with Crippen molar-refractivity contribution in [1.82, 2.24) is 4.98 Å². The molecule has 0 unspecified atom stereocenters. The summed E-state index contributed by atoms with van der Waals surface area (Å²) in [5.74, 6) is 0. The molecule has 1 rings (SSSR count). The Bertz CT molecular complexity index is 527. The van der Waals surface area contributed by atoms with Crippen LogP contribution in [-0.2, 0) is 11.2 Å². The minimum atomic E-state index is 0.0613. The summed E-state index contributed by atoms with van der Waals surface area (Å²) in [7, 11) is 1.60. The van der Waals surface area contributed by atoms with Gasteiger partial charge in [-0.1, -0.05) is 44.8 Å². The Morgan fingerprint density at radius 2 is 1.95 bits per heavy atom. The Morgan fingerprint density at radius 3 is 2.62 bits per heavy atom. The number of unbranched alkanes of at least 4 members (excludes halogenated alkanes) is 4. The lowest BCUT2D eigenvalue weighted by atomic mass is 10.1. The summed E-state index contributed by atoms with van der Waals surface area (Å²) in [6, 6.07) is 1.72. The second-order valence-electron chi connectivity index (χ2n) is 5.19. The molecule has 116 valence electrons. The number of hydrogen-bond donors (Lipinski definition) is 1. The fourth-order valence-electron chi connectivity index (χ4n) is 2.30. The molecule has 0 aliphatic carbocycles. The lowest BCUT2D eigenvalue weighted by Crippen LogP contribution is -2.10. The number of hydrogen-bond acceptors (Lipinski definition) is 2. The zero-order chi connectivity index (χ0) is 15.5. The number of aromatic nitrogens is 1. The normalized spacial score (nSPS) is 11.6. The van der Waals surface area contributed by atoms with Crippen LogP contribution in [0.3, 0.4) is 0 Å². The highest BCUT2D eigenvalue weighted by Gasteiger charge is 2.05. The summed E-state index contributed by atoms with van der Waals surface area (Å²) in [5.41, 5.74) is 2.55. The van der Waals surface area contributed by atoms with E-state index in [2.05, 4.69) is 11.9 Å². The Kier molecular flexibility index (Phi) is 8.25. The summed E-state index contributed by atoms with van der Waals surface area (Å²) in [6.45, 7) is 4.12. The first-order valence-corrected chi connectivity index (χ1v) is 7.81. The number of H-pyrrole nitrogens is 1. The molecular formula is C18H27NO2. The molecule has 1 aromatic heterocycles. The average molecular weight is 289 g/mol. The van der Waals surface area contributed by atoms with Crippen LogP contribution in [0.1, 0.15) is 62.9 Å². The molecule has 0 atom stereocenters. The van der Waals surface area contributed by atoms with E-state index in [1.165, 1.54) is 25.7 Å². The fourth-order valence-corrected chi connectivity index (χ4v) is 2.30. The van der Waals surface area contributed by atoms with Crippen molar-refractivity contribution in [3.8, 4) is 0 Å². The third-order valence-electron chi connectivity index (χ3n) is 3.41. The molecular weight excluding hydrogens is 262 g/mol. The van der Waals surface area contributed by atoms with E-state index >= 15 is 0 Å². The number of methoxy groups -OCH3 is 1. The first-order valence-electron chi connectivity index (χ1n) is 7.81. The number of rotatable bonds is 9. The Labute approximate surface area is 127 Å². The Hall–Kier alpha value is -1.77. The monoisotopic (exact) mass is 289 g/mol. The molecule has 21 heavy (non-hydrogen) atoms. The molecule has 0 saturated carbocycles. The van der Waals surface area contributed by atoms with Crippen molar-refractivity contribution in [2.75, 3.05) is 7.11 Å². The zero-order valence-corrected chi connectivity index (χ0v) is 13.4. The van der Waals surface area contributed by atoms with E-state index in [4.69, 9.17) is 4.74 Å². The predicted molar refractivity (Wildman–Crippen MR) is 90.3 cm³/mol. The molecule has 3 nitrogen and oxygen atoms in total. The predicted octanol–water partition coefficient (Wildman–Crippen LogP) is 4.54. The van der Waals surface area contributed by atoms with Crippen molar-refractivity contribution in [2.45, 2.75) is 52.4 Å². The molecule has 1 aromatic rings. The fraction of sp³-hybridized carbons (Fsp3) is 0.500. The minimum Gasteiger partial charge on any atom is -0.504 e. The first kappa shape index (κ1) is 17.3. The number of ether oxygens (including phenoxy) is 1. The molecule has 0 aromatic carbocycles. The van der Waals surface area contributed by atoms with E-state index in [1.54, 1.807) is 25.5 Å². The van der Waals surface area contributed by atoms with Crippen LogP contribution < -0.4 is 5.43 Å². The van der Waals surface area contributed by atoms with Crippen LogP contribution >= 0.6 is 0 Å². The highest BCUT2D eigenvalue weighted by Crippen LogP contribution is 2.11. The molecule has 0 bridgehead atoms. The molecule has 0 amide bonds. The number of aromatic amines is 1. The van der Waals surface area contributed by atoms with Gasteiger partial charge in [0.1, 0.15) is 0 Å². The molecule has 0 aliphatic heterocycles. The highest BCUT2D eigenvalue weighted by molar-refractivity contribution is 5.62. The van der Waals surface area contributed by atoms with Gasteiger partial charge in [0, 0.05) is 17.3 Å². The van der Waals surface area contributed by atoms with Crippen LogP contribution in [0.25, 0.3) is 12.2 Å². The maximum Gasteiger partial charge on any atom is 0.189 e. The van der Waals surface area contributed by atoms with Gasteiger partial charge in [-0.25, -0.2) is 0 Å². The SMILES string of the molecule is C/C=C\c1c(/C=C/OC)[nH]c(CCCCCCC)cc1=O. The van der Waals surface area contributed by atoms with Gasteiger partial charge in [-0.2, -0.15) is 0 Å². The summed E-state index contributed by atoms with van der Waals surface area (Å²) in [6.07, 6.45) is 14.2. The van der Waals surface area contributed by atoms with Crippen molar-refractivity contribution in [3.05, 3.63) is 45.6 Å². The molecule has 3 heteroatoms. The van der Waals surface area contributed by atoms with Gasteiger partial charge in [-0.3, -0.25) is 4.79 Å². The van der Waals surface area contributed by atoms with Gasteiger partial charge in [0.2, 0.25) is 0 Å². The van der Waals surface area contributed by atoms with E-state index in [9.17, 15) is 4.79 Å². The van der Waals surface area contributed by atoms with Crippen molar-refractivity contribution in [1.29, 1.82) is 0 Å². The zero-order valence-electron chi connectivity index (χ0n) is 13.4. The Morgan fingerprint density at radius 1 is 1.19 bits per heavy atom. The lowest BCUT2D eigenvalue weighted by molar-refractivity contribution is 0.341. The summed E-state index contributed by atoms with van der Waals surface area (Å²) in [4.78, 5) is 15.5. The molecule has 1 N–H and O–H groups in total. The van der Waals surface area contributed by atoms with Crippen LogP contribution in [0.4, 0.5) is 0 Å². The molecule has 0 fully saturated rings. The molecule has 1 heterocycles. The number of nitrogens with one attached hydrogen (secondary N) is 1. The van der Waals surface area contributed by atoms with Gasteiger partial charge in [0.15, 0.2) is 5.43 Å². The molecule has 0 saturated heterocycles. The maximum absolute atomic E-state index is 12.2. The largest absolute Gasteiger partial charge is 0.504 e. The van der Waals surface area contributed by atoms with E-state index in [1.807, 2.05) is 19.1 Å². The van der Waals surface area contributed by atoms with Gasteiger partial charge in [0.05, 0.1) is 19.1 Å². The van der Waals surface area contributed by atoms with E-state index in [0.29, 0.717) is 5.56 Å².